The average Bonchev–Trinajstić information content (AvgIpc) is 2.47. The maximum absolute atomic E-state index is 5.65. The molecule has 0 radical (unpaired) electrons. The predicted octanol–water partition coefficient (Wildman–Crippen LogP) is 0.708. The monoisotopic (exact) mass is 197 g/mol. The Labute approximate surface area is 84.7 Å². The first-order chi connectivity index (χ1) is 6.39. The van der Waals surface area contributed by atoms with Crippen LogP contribution in [-0.2, 0) is 12.0 Å². The molecule has 0 spiro atoms. The summed E-state index contributed by atoms with van der Waals surface area (Å²) in [6, 6.07) is 0.191. The van der Waals surface area contributed by atoms with Gasteiger partial charge >= 0.3 is 0 Å². The van der Waals surface area contributed by atoms with Gasteiger partial charge < -0.3 is 5.73 Å². The van der Waals surface area contributed by atoms with Gasteiger partial charge in [-0.3, -0.25) is 0 Å². The molecule has 0 fully saturated rings. The predicted molar refractivity (Wildman–Crippen MR) is 54.8 cm³/mol. The van der Waals surface area contributed by atoms with Crippen molar-refractivity contribution in [1.29, 1.82) is 0 Å². The number of nitrogens with zero attached hydrogens (tertiary/aromatic N) is 4. The lowest BCUT2D eigenvalue weighted by atomic mass is 10.1. The lowest BCUT2D eigenvalue weighted by molar-refractivity contribution is 0.305. The first-order valence-corrected chi connectivity index (χ1v) is 4.94. The molecule has 0 bridgehead atoms. The Morgan fingerprint density at radius 2 is 2.07 bits per heavy atom. The van der Waals surface area contributed by atoms with E-state index in [4.69, 9.17) is 5.73 Å². The van der Waals surface area contributed by atoms with Crippen molar-refractivity contribution in [2.45, 2.75) is 52.1 Å². The van der Waals surface area contributed by atoms with Crippen molar-refractivity contribution < 1.29 is 0 Å². The Balaban J connectivity index is 2.60. The lowest BCUT2D eigenvalue weighted by Gasteiger charge is -2.15. The Bertz CT molecular complexity index is 284. The molecule has 0 saturated heterocycles. The first kappa shape index (κ1) is 11.1. The van der Waals surface area contributed by atoms with Gasteiger partial charge in [-0.2, -0.15) is 4.80 Å². The summed E-state index contributed by atoms with van der Waals surface area (Å²) in [6.07, 6.45) is 1.70. The number of hydrogen-bond acceptors (Lipinski definition) is 4. The summed E-state index contributed by atoms with van der Waals surface area (Å²) in [5.41, 5.74) is 5.55. The number of aromatic nitrogens is 4. The van der Waals surface area contributed by atoms with Crippen molar-refractivity contribution in [2.75, 3.05) is 0 Å². The van der Waals surface area contributed by atoms with Crippen LogP contribution in [0.1, 0.15) is 39.9 Å². The van der Waals surface area contributed by atoms with E-state index in [0.29, 0.717) is 0 Å². The highest BCUT2D eigenvalue weighted by atomic mass is 15.6. The van der Waals surface area contributed by atoms with Gasteiger partial charge in [-0.25, -0.2) is 0 Å². The zero-order valence-corrected chi connectivity index (χ0v) is 9.36. The van der Waals surface area contributed by atoms with Gasteiger partial charge in [0.2, 0.25) is 0 Å². The van der Waals surface area contributed by atoms with Crippen molar-refractivity contribution >= 4 is 0 Å². The largest absolute Gasteiger partial charge is 0.328 e. The van der Waals surface area contributed by atoms with Gasteiger partial charge in [0, 0.05) is 12.5 Å². The molecule has 80 valence electrons. The molecule has 1 rings (SSSR count). The van der Waals surface area contributed by atoms with Crippen LogP contribution >= 0.6 is 0 Å². The minimum Gasteiger partial charge on any atom is -0.328 e. The van der Waals surface area contributed by atoms with Crippen LogP contribution in [0.3, 0.4) is 0 Å². The summed E-state index contributed by atoms with van der Waals surface area (Å²) in [7, 11) is 0. The van der Waals surface area contributed by atoms with Gasteiger partial charge in [-0.05, 0) is 39.3 Å². The molecule has 1 atom stereocenters. The molecular formula is C9H19N5. The third-order valence-corrected chi connectivity index (χ3v) is 1.88. The van der Waals surface area contributed by atoms with Crippen LogP contribution in [0.4, 0.5) is 0 Å². The third kappa shape index (κ3) is 3.06. The molecule has 1 heterocycles. The summed E-state index contributed by atoms with van der Waals surface area (Å²) >= 11 is 0. The summed E-state index contributed by atoms with van der Waals surface area (Å²) in [6.45, 7) is 8.12. The zero-order chi connectivity index (χ0) is 10.8. The molecular weight excluding hydrogens is 178 g/mol. The Kier molecular flexibility index (Phi) is 3.21. The topological polar surface area (TPSA) is 69.6 Å². The second kappa shape index (κ2) is 4.04. The van der Waals surface area contributed by atoms with Crippen LogP contribution in [0, 0.1) is 0 Å². The second-order valence-corrected chi connectivity index (χ2v) is 4.68. The van der Waals surface area contributed by atoms with Crippen molar-refractivity contribution in [1.82, 2.24) is 20.2 Å². The molecule has 14 heavy (non-hydrogen) atoms. The van der Waals surface area contributed by atoms with Crippen molar-refractivity contribution in [3.8, 4) is 0 Å². The normalized spacial score (nSPS) is 14.4. The maximum atomic E-state index is 5.65. The van der Waals surface area contributed by atoms with Crippen LogP contribution in [0.2, 0.25) is 0 Å². The molecule has 5 heteroatoms. The lowest BCUT2D eigenvalue weighted by Crippen LogP contribution is -2.24. The van der Waals surface area contributed by atoms with E-state index in [9.17, 15) is 0 Å². The van der Waals surface area contributed by atoms with Crippen LogP contribution in [0.5, 0.6) is 0 Å². The van der Waals surface area contributed by atoms with Gasteiger partial charge in [0.15, 0.2) is 5.82 Å². The summed E-state index contributed by atoms with van der Waals surface area (Å²) in [5.74, 6) is 0.775. The number of rotatable bonds is 3. The summed E-state index contributed by atoms with van der Waals surface area (Å²) in [4.78, 5) is 1.64. The number of aryl methyl sites for hydroxylation is 1. The van der Waals surface area contributed by atoms with Gasteiger partial charge in [-0.15, -0.1) is 10.2 Å². The van der Waals surface area contributed by atoms with E-state index in [1.165, 1.54) is 0 Å². The Morgan fingerprint density at radius 3 is 2.50 bits per heavy atom. The van der Waals surface area contributed by atoms with Crippen molar-refractivity contribution in [3.05, 3.63) is 5.82 Å². The first-order valence-electron chi connectivity index (χ1n) is 4.94. The summed E-state index contributed by atoms with van der Waals surface area (Å²) in [5, 5.41) is 12.3. The van der Waals surface area contributed by atoms with Crippen LogP contribution in [-0.4, -0.2) is 26.2 Å². The second-order valence-electron chi connectivity index (χ2n) is 4.68. The van der Waals surface area contributed by atoms with E-state index in [2.05, 4.69) is 15.4 Å². The van der Waals surface area contributed by atoms with Crippen molar-refractivity contribution in [2.24, 2.45) is 5.73 Å². The Morgan fingerprint density at radius 1 is 1.43 bits per heavy atom. The number of tetrazole rings is 1. The maximum Gasteiger partial charge on any atom is 0.174 e. The average molecular weight is 197 g/mol. The SMILES string of the molecule is C[C@H](N)CCc1nnn(C(C)(C)C)n1. The van der Waals surface area contributed by atoms with Gasteiger partial charge in [0.1, 0.15) is 0 Å². The minimum absolute atomic E-state index is 0.0976. The van der Waals surface area contributed by atoms with Crippen LogP contribution in [0.25, 0.3) is 0 Å². The molecule has 1 aromatic heterocycles. The number of nitrogens with two attached hydrogens (primary N) is 1. The zero-order valence-electron chi connectivity index (χ0n) is 9.36. The molecule has 0 amide bonds. The minimum atomic E-state index is -0.0976. The van der Waals surface area contributed by atoms with E-state index >= 15 is 0 Å². The van der Waals surface area contributed by atoms with E-state index in [-0.39, 0.29) is 11.6 Å². The quantitative estimate of drug-likeness (QED) is 0.774. The third-order valence-electron chi connectivity index (χ3n) is 1.88. The molecule has 1 aromatic rings. The Hall–Kier alpha value is -0.970. The van der Waals surface area contributed by atoms with Gasteiger partial charge in [0.05, 0.1) is 5.54 Å². The highest BCUT2D eigenvalue weighted by Gasteiger charge is 2.16. The van der Waals surface area contributed by atoms with E-state index in [1.54, 1.807) is 4.80 Å². The molecule has 0 aliphatic carbocycles. The van der Waals surface area contributed by atoms with Gasteiger partial charge in [0.25, 0.3) is 0 Å². The molecule has 2 N–H and O–H groups in total. The standard InChI is InChI=1S/C9H19N5/c1-7(10)5-6-8-11-13-14(12-8)9(2,3)4/h7H,5-6,10H2,1-4H3/t7-/m0/s1. The van der Waals surface area contributed by atoms with Crippen LogP contribution < -0.4 is 5.73 Å². The molecule has 0 aromatic carbocycles. The highest BCUT2D eigenvalue weighted by Crippen LogP contribution is 2.09. The molecule has 5 nitrogen and oxygen atoms in total. The van der Waals surface area contributed by atoms with Crippen LogP contribution in [0.15, 0.2) is 0 Å². The van der Waals surface area contributed by atoms with Gasteiger partial charge in [-0.1, -0.05) is 0 Å². The summed E-state index contributed by atoms with van der Waals surface area (Å²) < 4.78 is 0. The number of hydrogen-bond donors (Lipinski definition) is 1. The van der Waals surface area contributed by atoms with Crippen molar-refractivity contribution in [3.63, 3.8) is 0 Å². The highest BCUT2D eigenvalue weighted by molar-refractivity contribution is 4.80. The molecule has 0 saturated carbocycles. The van der Waals surface area contributed by atoms with E-state index in [1.807, 2.05) is 27.7 Å². The molecule has 0 aliphatic rings. The van der Waals surface area contributed by atoms with E-state index < -0.39 is 0 Å². The van der Waals surface area contributed by atoms with E-state index in [0.717, 1.165) is 18.7 Å². The fourth-order valence-corrected chi connectivity index (χ4v) is 0.984. The fraction of sp³-hybridized carbons (Fsp3) is 0.889. The molecule has 0 unspecified atom stereocenters. The smallest absolute Gasteiger partial charge is 0.174 e. The fourth-order valence-electron chi connectivity index (χ4n) is 0.984. The molecule has 0 aliphatic heterocycles.